The van der Waals surface area contributed by atoms with E-state index in [0.717, 1.165) is 18.9 Å². The van der Waals surface area contributed by atoms with Gasteiger partial charge in [0, 0.05) is 58.6 Å². The van der Waals surface area contributed by atoms with Gasteiger partial charge in [-0.2, -0.15) is 18.1 Å². The molecule has 0 radical (unpaired) electrons. The number of likely N-dealkylation sites (N-methyl/N-ethyl adjacent to an activating group) is 1. The second kappa shape index (κ2) is 30.6. The number of carbonyl (C=O) groups excluding carboxylic acids is 4. The van der Waals surface area contributed by atoms with Crippen molar-refractivity contribution in [2.24, 2.45) is 11.8 Å². The minimum absolute atomic E-state index is 0.0234. The van der Waals surface area contributed by atoms with Gasteiger partial charge in [-0.25, -0.2) is 4.79 Å². The first-order valence-electron chi connectivity index (χ1n) is 27.7. The van der Waals surface area contributed by atoms with E-state index in [2.05, 4.69) is 51.8 Å². The Morgan fingerprint density at radius 1 is 0.871 bits per heavy atom. The molecule has 2 amide bonds. The summed E-state index contributed by atoms with van der Waals surface area (Å²) in [6, 6.07) is -1.53. The molecule has 85 heavy (non-hydrogen) atoms. The molecule has 21 atom stereocenters. The molecule has 4 heterocycles. The molecule has 1 aromatic rings. The Bertz CT molecular complexity index is 2730. The quantitative estimate of drug-likeness (QED) is 0.0269. The van der Waals surface area contributed by atoms with Crippen molar-refractivity contribution in [2.45, 2.75) is 176 Å². The number of Topliss-reactive ketones (excluding diaryl/α,β-unsaturated/α-hetero) is 1. The van der Waals surface area contributed by atoms with E-state index in [-0.39, 0.29) is 53.9 Å². The third-order valence-corrected chi connectivity index (χ3v) is 18.9. The number of aliphatic hydroxyl groups excluding tert-OH is 4. The monoisotopic (exact) mass is 1350 g/mol. The van der Waals surface area contributed by atoms with Crippen LogP contribution in [0, 0.1) is 46.0 Å². The number of ether oxygens (including phenoxy) is 12. The van der Waals surface area contributed by atoms with E-state index in [9.17, 15) is 44.7 Å². The van der Waals surface area contributed by atoms with Crippen LogP contribution in [0.5, 0.6) is 17.2 Å². The molecule has 1 aromatic carbocycles. The number of allylic oxidation sites excluding steroid dienone is 2. The molecular weight excluding hydrogens is 1270 g/mol. The Morgan fingerprint density at radius 3 is 2.19 bits per heavy atom. The number of aliphatic hydroxyl groups is 5. The van der Waals surface area contributed by atoms with Gasteiger partial charge >= 0.3 is 6.09 Å². The number of hydrogen-bond donors (Lipinski definition) is 8. The lowest BCUT2D eigenvalue weighted by Gasteiger charge is -2.54. The maximum absolute atomic E-state index is 14.4. The number of thiol groups is 1. The Hall–Kier alpha value is -3.87. The summed E-state index contributed by atoms with van der Waals surface area (Å²) in [7, 11) is 6.75. The summed E-state index contributed by atoms with van der Waals surface area (Å²) in [5.74, 6) is 9.96. The van der Waals surface area contributed by atoms with Crippen molar-refractivity contribution in [1.82, 2.24) is 15.7 Å². The van der Waals surface area contributed by atoms with E-state index in [1.165, 1.54) is 47.5 Å². The van der Waals surface area contributed by atoms with Gasteiger partial charge in [-0.15, -0.1) is 0 Å². The summed E-state index contributed by atoms with van der Waals surface area (Å²) in [5, 5.41) is 59.1. The van der Waals surface area contributed by atoms with Crippen molar-refractivity contribution in [1.29, 1.82) is 0 Å². The molecular formula is C57H78IN3O22S2. The number of nitrogens with one attached hydrogen (secondary N) is 2. The van der Waals surface area contributed by atoms with Gasteiger partial charge < -0.3 is 92.6 Å². The van der Waals surface area contributed by atoms with Crippen molar-refractivity contribution in [3.63, 3.8) is 0 Å². The highest BCUT2D eigenvalue weighted by Gasteiger charge is 2.61. The summed E-state index contributed by atoms with van der Waals surface area (Å²) >= 11 is 7.24. The third-order valence-electron chi connectivity index (χ3n) is 16.0. The predicted octanol–water partition coefficient (Wildman–Crippen LogP) is 1.70. The number of carbonyl (C=O) groups is 4. The highest BCUT2D eigenvalue weighted by molar-refractivity contribution is 14.1. The molecule has 7 rings (SSSR count). The fourth-order valence-corrected chi connectivity index (χ4v) is 13.6. The van der Waals surface area contributed by atoms with Crippen molar-refractivity contribution in [2.75, 3.05) is 61.0 Å². The van der Waals surface area contributed by atoms with Gasteiger partial charge in [0.15, 0.2) is 36.2 Å². The lowest BCUT2D eigenvalue weighted by molar-refractivity contribution is -0.342. The van der Waals surface area contributed by atoms with Gasteiger partial charge in [0.25, 0.3) is 0 Å². The maximum Gasteiger partial charge on any atom is 0.407 e. The van der Waals surface area contributed by atoms with Crippen LogP contribution in [0.2, 0.25) is 0 Å². The van der Waals surface area contributed by atoms with Crippen LogP contribution in [0.25, 0.3) is 0 Å². The number of hydrogen-bond acceptors (Lipinski definition) is 25. The van der Waals surface area contributed by atoms with Crippen LogP contribution in [-0.4, -0.2) is 230 Å². The number of methoxy groups -OCH3 is 5. The van der Waals surface area contributed by atoms with Crippen molar-refractivity contribution in [3.8, 4) is 40.9 Å². The van der Waals surface area contributed by atoms with E-state index in [0.29, 0.717) is 21.3 Å². The fraction of sp³-hybridized carbons (Fsp3) is 0.684. The summed E-state index contributed by atoms with van der Waals surface area (Å²) in [6.07, 6.45) is -13.2. The Labute approximate surface area is 517 Å². The Morgan fingerprint density at radius 2 is 1.56 bits per heavy atom. The Kier molecular flexibility index (Phi) is 24.7. The third kappa shape index (κ3) is 15.1. The van der Waals surface area contributed by atoms with Crippen molar-refractivity contribution in [3.05, 3.63) is 38.5 Å². The van der Waals surface area contributed by atoms with Crippen LogP contribution in [0.4, 0.5) is 4.79 Å². The van der Waals surface area contributed by atoms with Crippen molar-refractivity contribution >= 4 is 69.9 Å². The highest BCUT2D eigenvalue weighted by Crippen LogP contribution is 2.54. The zero-order valence-electron chi connectivity index (χ0n) is 49.1. The number of ketones is 1. The summed E-state index contributed by atoms with van der Waals surface area (Å²) < 4.78 is 72.3. The molecule has 4 saturated heterocycles. The average molecular weight is 1350 g/mol. The summed E-state index contributed by atoms with van der Waals surface area (Å²) in [4.78, 5) is 59.9. The number of alkyl carbamates (subject to hydrolysis) is 1. The average Bonchev–Trinajstić information content (AvgIpc) is 2.84. The maximum atomic E-state index is 14.4. The van der Waals surface area contributed by atoms with E-state index >= 15 is 0 Å². The first-order chi connectivity index (χ1) is 40.5. The molecule has 0 spiro atoms. The topological polar surface area (TPSA) is 317 Å². The van der Waals surface area contributed by atoms with Gasteiger partial charge in [0.1, 0.15) is 42.2 Å². The first kappa shape index (κ1) is 68.6. The standard InChI is InChI=1S/C57H78IN3O22S2/c1-12-61(30(6)62)34-25-76-38(22-37(34)71-7)81-50-45(66)43(27(3)78-55(50)80-36-18-16-14-13-15-17-32-41(36)33(19-20-84)57(32,70)23-31(63)24-59-56(69)75-11)60-83-39-21-35(64)52(29(5)77-39)85-53(68)40-26(2)42(58)48(51(74-10)47(40)72-8)82-54-46(67)49(73-9)44(65)28(4)79-54/h13-14,19,27-29,32,34-39,41,43-46,49-50,52,54-55,60,64-67,70,84H,12,20-25H2,1-11H3,(H,59,69)/b14-13-,33-19-/t27?,28?,29?,32?,34?,35?,36-,37?,38?,39?,41-,43?,44?,45?,46?,49?,50?,52?,54?,55?,57-/m0/s1. The van der Waals surface area contributed by atoms with Crippen LogP contribution in [0.3, 0.4) is 0 Å². The van der Waals surface area contributed by atoms with E-state index in [4.69, 9.17) is 56.9 Å². The molecule has 472 valence electrons. The largest absolute Gasteiger partial charge is 0.492 e. The molecule has 18 unspecified atom stereocenters. The van der Waals surface area contributed by atoms with E-state index in [1.54, 1.807) is 38.7 Å². The minimum atomic E-state index is -1.81. The summed E-state index contributed by atoms with van der Waals surface area (Å²) in [6.45, 7) is 9.94. The molecule has 0 bridgehead atoms. The predicted molar refractivity (Wildman–Crippen MR) is 314 cm³/mol. The zero-order chi connectivity index (χ0) is 62.2. The molecule has 2 aliphatic carbocycles. The smallest absolute Gasteiger partial charge is 0.407 e. The van der Waals surface area contributed by atoms with Crippen LogP contribution in [0.1, 0.15) is 69.8 Å². The van der Waals surface area contributed by atoms with E-state index in [1.807, 2.05) is 29.5 Å². The molecule has 0 aromatic heterocycles. The van der Waals surface area contributed by atoms with Gasteiger partial charge in [-0.1, -0.05) is 41.5 Å². The van der Waals surface area contributed by atoms with Crippen molar-refractivity contribution < 1.29 is 106 Å². The number of halogens is 1. The van der Waals surface area contributed by atoms with Crippen LogP contribution in [0.15, 0.2) is 23.8 Å². The molecule has 25 nitrogen and oxygen atoms in total. The summed E-state index contributed by atoms with van der Waals surface area (Å²) in [5.41, 5.74) is 2.01. The zero-order valence-corrected chi connectivity index (χ0v) is 53.0. The second-order valence-corrected chi connectivity index (χ2v) is 23.8. The highest BCUT2D eigenvalue weighted by atomic mass is 127. The first-order valence-corrected chi connectivity index (χ1v) is 30.3. The number of benzene rings is 1. The molecule has 1 saturated carbocycles. The number of rotatable bonds is 22. The molecule has 28 heteroatoms. The lowest BCUT2D eigenvalue weighted by atomic mass is 9.54. The molecule has 6 aliphatic rings. The van der Waals surface area contributed by atoms with E-state index < -0.39 is 157 Å². The normalized spacial score (nSPS) is 36.9. The van der Waals surface area contributed by atoms with Gasteiger partial charge in [0.2, 0.25) is 23.1 Å². The second-order valence-electron chi connectivity index (χ2n) is 21.2. The number of hydroxylamine groups is 1. The molecule has 7 N–H and O–H groups in total. The van der Waals surface area contributed by atoms with Gasteiger partial charge in [0.05, 0.1) is 97.4 Å². The van der Waals surface area contributed by atoms with Crippen LogP contribution < -0.4 is 25.0 Å². The molecule has 5 fully saturated rings. The number of amides is 2. The number of fused-ring (bicyclic) bond motifs is 1. The SMILES string of the molecule is CCN(C(C)=O)C1COC(OC2C(O[C@H]3C#C/C=C\C#CC4[C@H]3/C(=C/CS)[C@]4(O)CC(=O)CNC(=O)OC)OC(C)C(NOC3CC(O)C(SC(=O)c4c(C)c(I)c(OC5OC(C)C(O)C(OC)C5O)c(OC)c4OC)C(C)O3)C2O)CC1OC. The van der Waals surface area contributed by atoms with Gasteiger partial charge in [-0.05, 0) is 80.5 Å². The Balaban J connectivity index is 1.08. The fourth-order valence-electron chi connectivity index (χ4n) is 11.6. The number of nitrogens with zero attached hydrogens (tertiary/aromatic N) is 1. The molecule has 4 aliphatic heterocycles. The lowest BCUT2D eigenvalue weighted by Crippen LogP contribution is -2.66. The van der Waals surface area contributed by atoms with Crippen LogP contribution in [-0.2, 0) is 57.1 Å². The van der Waals surface area contributed by atoms with Gasteiger partial charge in [-0.3, -0.25) is 19.2 Å². The number of thioether (sulfide) groups is 1. The minimum Gasteiger partial charge on any atom is -0.492 e. The van der Waals surface area contributed by atoms with Crippen LogP contribution >= 0.6 is 47.0 Å².